The fraction of sp³-hybridized carbons (Fsp3) is 0.548. The SMILES string of the molecule is CC1=CC(C)CC(C(c2cc(C)cc(C(C)(C)C)c2O)c2cc(C)cc(C(C)(C)C)c2O)C1. The largest absolute Gasteiger partial charge is 0.507 e. The van der Waals surface area contributed by atoms with Gasteiger partial charge >= 0.3 is 0 Å². The molecule has 0 radical (unpaired) electrons. The van der Waals surface area contributed by atoms with Gasteiger partial charge in [0, 0.05) is 17.0 Å². The first kappa shape index (κ1) is 25.4. The van der Waals surface area contributed by atoms with E-state index in [-0.39, 0.29) is 16.7 Å². The molecule has 2 N–H and O–H groups in total. The molecule has 0 aromatic heterocycles. The minimum absolute atomic E-state index is 0.0712. The molecule has 180 valence electrons. The molecule has 0 saturated carbocycles. The smallest absolute Gasteiger partial charge is 0.123 e. The van der Waals surface area contributed by atoms with E-state index < -0.39 is 0 Å². The highest BCUT2D eigenvalue weighted by Crippen LogP contribution is 2.50. The van der Waals surface area contributed by atoms with Crippen molar-refractivity contribution >= 4 is 0 Å². The Kier molecular flexibility index (Phi) is 6.82. The third-order valence-corrected chi connectivity index (χ3v) is 7.15. The van der Waals surface area contributed by atoms with Crippen LogP contribution in [0.4, 0.5) is 0 Å². The number of aryl methyl sites for hydroxylation is 2. The van der Waals surface area contributed by atoms with E-state index in [0.29, 0.717) is 23.3 Å². The molecule has 2 aromatic carbocycles. The van der Waals surface area contributed by atoms with Gasteiger partial charge in [0.25, 0.3) is 0 Å². The van der Waals surface area contributed by atoms with Gasteiger partial charge in [0.05, 0.1) is 0 Å². The van der Waals surface area contributed by atoms with Crippen molar-refractivity contribution in [2.75, 3.05) is 0 Å². The van der Waals surface area contributed by atoms with E-state index in [1.165, 1.54) is 5.57 Å². The second-order valence-corrected chi connectivity index (χ2v) is 12.7. The topological polar surface area (TPSA) is 40.5 Å². The van der Waals surface area contributed by atoms with E-state index in [2.05, 4.69) is 99.6 Å². The molecule has 2 nitrogen and oxygen atoms in total. The van der Waals surface area contributed by atoms with Gasteiger partial charge < -0.3 is 10.2 Å². The maximum absolute atomic E-state index is 11.6. The number of hydrogen-bond donors (Lipinski definition) is 2. The number of benzene rings is 2. The predicted molar refractivity (Wildman–Crippen MR) is 141 cm³/mol. The minimum Gasteiger partial charge on any atom is -0.507 e. The second-order valence-electron chi connectivity index (χ2n) is 12.7. The molecule has 3 rings (SSSR count). The lowest BCUT2D eigenvalue weighted by Crippen LogP contribution is -2.23. The summed E-state index contributed by atoms with van der Waals surface area (Å²) in [5, 5.41) is 23.3. The molecule has 0 heterocycles. The third kappa shape index (κ3) is 5.31. The molecule has 0 fully saturated rings. The van der Waals surface area contributed by atoms with Gasteiger partial charge in [-0.05, 0) is 67.4 Å². The van der Waals surface area contributed by atoms with Gasteiger partial charge in [-0.1, -0.05) is 95.5 Å². The van der Waals surface area contributed by atoms with E-state index in [9.17, 15) is 10.2 Å². The number of rotatable bonds is 3. The van der Waals surface area contributed by atoms with Crippen molar-refractivity contribution in [3.05, 3.63) is 69.3 Å². The van der Waals surface area contributed by atoms with Crippen LogP contribution in [0.25, 0.3) is 0 Å². The Hall–Kier alpha value is -2.22. The van der Waals surface area contributed by atoms with Crippen molar-refractivity contribution in [2.24, 2.45) is 11.8 Å². The average Bonchev–Trinajstić information content (AvgIpc) is 2.64. The second kappa shape index (κ2) is 8.85. The lowest BCUT2D eigenvalue weighted by atomic mass is 9.69. The van der Waals surface area contributed by atoms with Crippen molar-refractivity contribution in [3.8, 4) is 11.5 Å². The maximum Gasteiger partial charge on any atom is 0.123 e. The molecule has 0 amide bonds. The number of phenolic OH excluding ortho intramolecular Hbond substituents is 2. The summed E-state index contributed by atoms with van der Waals surface area (Å²) >= 11 is 0. The Morgan fingerprint density at radius 1 is 0.758 bits per heavy atom. The van der Waals surface area contributed by atoms with Crippen molar-refractivity contribution in [1.29, 1.82) is 0 Å². The van der Waals surface area contributed by atoms with E-state index in [0.717, 1.165) is 46.2 Å². The highest BCUT2D eigenvalue weighted by Gasteiger charge is 2.35. The number of allylic oxidation sites excluding steroid dienone is 2. The van der Waals surface area contributed by atoms with E-state index >= 15 is 0 Å². The monoisotopic (exact) mass is 448 g/mol. The van der Waals surface area contributed by atoms with Crippen LogP contribution < -0.4 is 0 Å². The molecular weight excluding hydrogens is 404 g/mol. The van der Waals surface area contributed by atoms with Crippen LogP contribution in [0.2, 0.25) is 0 Å². The fourth-order valence-electron chi connectivity index (χ4n) is 5.76. The standard InChI is InChI=1S/C31H44O2/c1-18-11-19(2)13-22(12-18)27(23-14-20(3)16-25(28(23)32)30(5,6)7)24-15-21(4)17-26(29(24)33)31(8,9)10/h11,14-18,22,27,32-33H,12-13H2,1-10H3. The molecule has 0 spiro atoms. The number of aromatic hydroxyl groups is 2. The normalized spacial score (nSPS) is 19.7. The molecule has 2 heteroatoms. The van der Waals surface area contributed by atoms with Crippen LogP contribution in [0.3, 0.4) is 0 Å². The Morgan fingerprint density at radius 3 is 1.55 bits per heavy atom. The zero-order valence-corrected chi connectivity index (χ0v) is 22.4. The van der Waals surface area contributed by atoms with Crippen molar-refractivity contribution in [2.45, 2.75) is 98.8 Å². The van der Waals surface area contributed by atoms with Crippen LogP contribution in [-0.4, -0.2) is 10.2 Å². The molecule has 2 atom stereocenters. The van der Waals surface area contributed by atoms with Crippen LogP contribution >= 0.6 is 0 Å². The van der Waals surface area contributed by atoms with E-state index in [1.54, 1.807) is 0 Å². The molecule has 2 unspecified atom stereocenters. The molecule has 0 bridgehead atoms. The number of hydrogen-bond acceptors (Lipinski definition) is 2. The lowest BCUT2D eigenvalue weighted by Gasteiger charge is -2.36. The molecule has 0 aliphatic heterocycles. The van der Waals surface area contributed by atoms with Crippen LogP contribution in [0.15, 0.2) is 35.9 Å². The molecule has 2 aromatic rings. The highest BCUT2D eigenvalue weighted by molar-refractivity contribution is 5.56. The van der Waals surface area contributed by atoms with Gasteiger partial charge in [0.1, 0.15) is 11.5 Å². The van der Waals surface area contributed by atoms with Crippen LogP contribution in [0.1, 0.15) is 108 Å². The first-order chi connectivity index (χ1) is 15.1. The third-order valence-electron chi connectivity index (χ3n) is 7.15. The van der Waals surface area contributed by atoms with Gasteiger partial charge in [0.15, 0.2) is 0 Å². The lowest BCUT2D eigenvalue weighted by molar-refractivity contribution is 0.346. The Labute approximate surface area is 201 Å². The van der Waals surface area contributed by atoms with Gasteiger partial charge in [-0.3, -0.25) is 0 Å². The zero-order valence-electron chi connectivity index (χ0n) is 22.4. The van der Waals surface area contributed by atoms with Crippen LogP contribution in [-0.2, 0) is 10.8 Å². The molecule has 33 heavy (non-hydrogen) atoms. The van der Waals surface area contributed by atoms with Gasteiger partial charge in [-0.25, -0.2) is 0 Å². The summed E-state index contributed by atoms with van der Waals surface area (Å²) in [7, 11) is 0. The predicted octanol–water partition coefficient (Wildman–Crippen LogP) is 8.43. The van der Waals surface area contributed by atoms with E-state index in [1.807, 2.05) is 0 Å². The maximum atomic E-state index is 11.6. The first-order valence-corrected chi connectivity index (χ1v) is 12.4. The summed E-state index contributed by atoms with van der Waals surface area (Å²) in [5.41, 5.74) is 7.21. The molecule has 1 aliphatic rings. The molecular formula is C31H44O2. The van der Waals surface area contributed by atoms with Crippen molar-refractivity contribution in [3.63, 3.8) is 0 Å². The quantitative estimate of drug-likeness (QED) is 0.462. The summed E-state index contributed by atoms with van der Waals surface area (Å²) in [5.74, 6) is 1.49. The Bertz CT molecular complexity index is 990. The van der Waals surface area contributed by atoms with Gasteiger partial charge in [0.2, 0.25) is 0 Å². The summed E-state index contributed by atoms with van der Waals surface area (Å²) in [6.45, 7) is 21.6. The van der Waals surface area contributed by atoms with Crippen molar-refractivity contribution < 1.29 is 10.2 Å². The van der Waals surface area contributed by atoms with Crippen molar-refractivity contribution in [1.82, 2.24) is 0 Å². The fourth-order valence-corrected chi connectivity index (χ4v) is 5.76. The first-order valence-electron chi connectivity index (χ1n) is 12.4. The Morgan fingerprint density at radius 2 is 1.18 bits per heavy atom. The zero-order chi connectivity index (χ0) is 24.9. The summed E-state index contributed by atoms with van der Waals surface area (Å²) in [6.07, 6.45) is 4.39. The molecule has 0 saturated heterocycles. The summed E-state index contributed by atoms with van der Waals surface area (Å²) < 4.78 is 0. The average molecular weight is 449 g/mol. The molecule has 1 aliphatic carbocycles. The Balaban J connectivity index is 2.35. The van der Waals surface area contributed by atoms with Gasteiger partial charge in [-0.2, -0.15) is 0 Å². The summed E-state index contributed by atoms with van der Waals surface area (Å²) in [4.78, 5) is 0. The van der Waals surface area contributed by atoms with Gasteiger partial charge in [-0.15, -0.1) is 0 Å². The summed E-state index contributed by atoms with van der Waals surface area (Å²) in [6, 6.07) is 8.51. The number of phenols is 2. The minimum atomic E-state index is -0.170. The van der Waals surface area contributed by atoms with Crippen LogP contribution in [0.5, 0.6) is 11.5 Å². The highest BCUT2D eigenvalue weighted by atomic mass is 16.3. The van der Waals surface area contributed by atoms with E-state index in [4.69, 9.17) is 0 Å². The van der Waals surface area contributed by atoms with Crippen LogP contribution in [0, 0.1) is 25.7 Å².